The Morgan fingerprint density at radius 2 is 2.04 bits per heavy atom. The lowest BCUT2D eigenvalue weighted by Gasteiger charge is -2.25. The Kier molecular flexibility index (Phi) is 4.01. The fraction of sp³-hybridized carbons (Fsp3) is 0.211. The van der Waals surface area contributed by atoms with Crippen LogP contribution in [0.4, 0.5) is 0 Å². The summed E-state index contributed by atoms with van der Waals surface area (Å²) in [5.74, 6) is -0.0154. The van der Waals surface area contributed by atoms with E-state index in [1.165, 1.54) is 0 Å². The third kappa shape index (κ3) is 2.61. The molecule has 1 N–H and O–H groups in total. The second-order valence-electron chi connectivity index (χ2n) is 6.06. The minimum atomic E-state index is -0.180. The smallest absolute Gasteiger partial charge is 0.273 e. The number of amides is 1. The summed E-state index contributed by atoms with van der Waals surface area (Å²) in [6.07, 6.45) is 4.44. The number of aromatic amines is 1. The molecule has 3 heterocycles. The molecule has 0 radical (unpaired) electrons. The van der Waals surface area contributed by atoms with Gasteiger partial charge in [-0.15, -0.1) is 0 Å². The number of aromatic nitrogens is 3. The van der Waals surface area contributed by atoms with Crippen molar-refractivity contribution >= 4 is 17.5 Å². The molecule has 1 aliphatic rings. The Balaban J connectivity index is 1.88. The van der Waals surface area contributed by atoms with Crippen LogP contribution < -0.4 is 0 Å². The highest BCUT2D eigenvalue weighted by Gasteiger charge is 2.41. The van der Waals surface area contributed by atoms with Gasteiger partial charge in [-0.3, -0.25) is 14.9 Å². The van der Waals surface area contributed by atoms with Crippen molar-refractivity contribution in [3.63, 3.8) is 0 Å². The number of carbonyl (C=O) groups excluding carboxylic acids is 1. The van der Waals surface area contributed by atoms with Crippen molar-refractivity contribution < 1.29 is 4.79 Å². The molecule has 5 nitrogen and oxygen atoms in total. The molecule has 1 amide bonds. The van der Waals surface area contributed by atoms with Gasteiger partial charge in [-0.2, -0.15) is 5.10 Å². The summed E-state index contributed by atoms with van der Waals surface area (Å²) in [5, 5.41) is 8.03. The summed E-state index contributed by atoms with van der Waals surface area (Å²) < 4.78 is 0. The normalized spacial score (nSPS) is 16.3. The maximum atomic E-state index is 12.9. The van der Waals surface area contributed by atoms with Crippen molar-refractivity contribution in [2.75, 3.05) is 6.54 Å². The van der Waals surface area contributed by atoms with E-state index in [0.29, 0.717) is 17.3 Å². The summed E-state index contributed by atoms with van der Waals surface area (Å²) in [6, 6.07) is 11.2. The SMILES string of the molecule is CCCN1C(=O)c2[nH]nc(-c3ccc(Cl)cc3)c2[C@H]1c1cccnc1. The third-order valence-electron chi connectivity index (χ3n) is 4.45. The summed E-state index contributed by atoms with van der Waals surface area (Å²) in [5.41, 5.74) is 4.18. The minimum absolute atomic E-state index is 0.0154. The lowest BCUT2D eigenvalue weighted by Crippen LogP contribution is -2.30. The van der Waals surface area contributed by atoms with E-state index in [-0.39, 0.29) is 11.9 Å². The van der Waals surface area contributed by atoms with E-state index in [1.54, 1.807) is 6.20 Å². The van der Waals surface area contributed by atoms with E-state index in [2.05, 4.69) is 22.1 Å². The monoisotopic (exact) mass is 352 g/mol. The van der Waals surface area contributed by atoms with Crippen molar-refractivity contribution in [2.45, 2.75) is 19.4 Å². The number of benzene rings is 1. The molecule has 0 fully saturated rings. The van der Waals surface area contributed by atoms with Crippen LogP contribution in [0, 0.1) is 0 Å². The van der Waals surface area contributed by atoms with Gasteiger partial charge in [0.25, 0.3) is 5.91 Å². The van der Waals surface area contributed by atoms with E-state index < -0.39 is 0 Å². The van der Waals surface area contributed by atoms with Gasteiger partial charge in [-0.05, 0) is 30.2 Å². The number of pyridine rings is 1. The summed E-state index contributed by atoms with van der Waals surface area (Å²) in [6.45, 7) is 2.75. The van der Waals surface area contributed by atoms with Crippen LogP contribution in [0.25, 0.3) is 11.3 Å². The van der Waals surface area contributed by atoms with Gasteiger partial charge in [0.1, 0.15) is 5.69 Å². The van der Waals surface area contributed by atoms with E-state index in [1.807, 2.05) is 47.5 Å². The summed E-state index contributed by atoms with van der Waals surface area (Å²) in [4.78, 5) is 19.0. The first-order valence-corrected chi connectivity index (χ1v) is 8.63. The fourth-order valence-electron chi connectivity index (χ4n) is 3.38. The Labute approximate surface area is 150 Å². The van der Waals surface area contributed by atoms with Crippen LogP contribution in [0.1, 0.15) is 41.0 Å². The van der Waals surface area contributed by atoms with Gasteiger partial charge < -0.3 is 4.90 Å². The first-order chi connectivity index (χ1) is 12.2. The van der Waals surface area contributed by atoms with Gasteiger partial charge in [0, 0.05) is 35.1 Å². The molecule has 0 saturated heterocycles. The number of nitrogens with zero attached hydrogens (tertiary/aromatic N) is 3. The molecule has 126 valence electrons. The van der Waals surface area contributed by atoms with Crippen molar-refractivity contribution in [2.24, 2.45) is 0 Å². The van der Waals surface area contributed by atoms with Crippen molar-refractivity contribution in [3.05, 3.63) is 70.6 Å². The second-order valence-corrected chi connectivity index (χ2v) is 6.49. The number of nitrogens with one attached hydrogen (secondary N) is 1. The Bertz CT molecular complexity index is 905. The predicted octanol–water partition coefficient (Wildman–Crippen LogP) is 4.08. The van der Waals surface area contributed by atoms with Crippen LogP contribution >= 0.6 is 11.6 Å². The largest absolute Gasteiger partial charge is 0.326 e. The second kappa shape index (κ2) is 6.33. The quantitative estimate of drug-likeness (QED) is 0.769. The number of H-pyrrole nitrogens is 1. The molecule has 0 saturated carbocycles. The van der Waals surface area contributed by atoms with Crippen molar-refractivity contribution in [1.29, 1.82) is 0 Å². The topological polar surface area (TPSA) is 61.9 Å². The lowest BCUT2D eigenvalue weighted by atomic mass is 9.97. The molecule has 3 aromatic rings. The number of rotatable bonds is 4. The molecule has 1 aromatic carbocycles. The maximum absolute atomic E-state index is 12.9. The molecule has 0 aliphatic carbocycles. The first kappa shape index (κ1) is 15.8. The highest BCUT2D eigenvalue weighted by Crippen LogP contribution is 2.42. The zero-order valence-electron chi connectivity index (χ0n) is 13.7. The van der Waals surface area contributed by atoms with E-state index in [9.17, 15) is 4.79 Å². The third-order valence-corrected chi connectivity index (χ3v) is 4.70. The van der Waals surface area contributed by atoms with Crippen molar-refractivity contribution in [1.82, 2.24) is 20.1 Å². The Morgan fingerprint density at radius 3 is 2.72 bits per heavy atom. The average molecular weight is 353 g/mol. The van der Waals surface area contributed by atoms with Crippen LogP contribution in [0.5, 0.6) is 0 Å². The van der Waals surface area contributed by atoms with Crippen LogP contribution in [0.2, 0.25) is 5.02 Å². The van der Waals surface area contributed by atoms with Gasteiger partial charge in [-0.25, -0.2) is 0 Å². The zero-order chi connectivity index (χ0) is 17.4. The molecule has 1 aliphatic heterocycles. The Morgan fingerprint density at radius 1 is 1.24 bits per heavy atom. The van der Waals surface area contributed by atoms with Gasteiger partial charge >= 0.3 is 0 Å². The van der Waals surface area contributed by atoms with E-state index in [4.69, 9.17) is 11.6 Å². The van der Waals surface area contributed by atoms with Gasteiger partial charge in [-0.1, -0.05) is 36.7 Å². The molecule has 0 bridgehead atoms. The number of hydrogen-bond acceptors (Lipinski definition) is 3. The minimum Gasteiger partial charge on any atom is -0.326 e. The predicted molar refractivity (Wildman–Crippen MR) is 96.4 cm³/mol. The standard InChI is InChI=1S/C19H17ClN4O/c1-2-10-24-18(13-4-3-9-21-11-13)15-16(22-23-17(15)19(24)25)12-5-7-14(20)8-6-12/h3-9,11,18H,2,10H2,1H3,(H,22,23)/t18-/m1/s1. The maximum Gasteiger partial charge on any atom is 0.273 e. The molecule has 0 spiro atoms. The first-order valence-electron chi connectivity index (χ1n) is 8.25. The van der Waals surface area contributed by atoms with E-state index >= 15 is 0 Å². The van der Waals surface area contributed by atoms with Gasteiger partial charge in [0.05, 0.1) is 11.7 Å². The number of fused-ring (bicyclic) bond motifs is 1. The van der Waals surface area contributed by atoms with Crippen LogP contribution in [-0.2, 0) is 0 Å². The number of halogens is 1. The van der Waals surface area contributed by atoms with E-state index in [0.717, 1.165) is 28.8 Å². The molecule has 1 atom stereocenters. The fourth-order valence-corrected chi connectivity index (χ4v) is 3.51. The molecule has 4 rings (SSSR count). The van der Waals surface area contributed by atoms with Crippen LogP contribution in [0.3, 0.4) is 0 Å². The average Bonchev–Trinajstić information content (AvgIpc) is 3.17. The highest BCUT2D eigenvalue weighted by molar-refractivity contribution is 6.30. The number of hydrogen-bond donors (Lipinski definition) is 1. The van der Waals surface area contributed by atoms with Crippen LogP contribution in [-0.4, -0.2) is 32.5 Å². The molecular weight excluding hydrogens is 336 g/mol. The lowest BCUT2D eigenvalue weighted by molar-refractivity contribution is 0.0744. The molecule has 2 aromatic heterocycles. The molecule has 6 heteroatoms. The number of carbonyl (C=O) groups is 1. The highest BCUT2D eigenvalue weighted by atomic mass is 35.5. The van der Waals surface area contributed by atoms with Gasteiger partial charge in [0.15, 0.2) is 0 Å². The summed E-state index contributed by atoms with van der Waals surface area (Å²) >= 11 is 6.00. The molecule has 0 unspecified atom stereocenters. The summed E-state index contributed by atoms with van der Waals surface area (Å²) in [7, 11) is 0. The Hall–Kier alpha value is -2.66. The van der Waals surface area contributed by atoms with Crippen LogP contribution in [0.15, 0.2) is 48.8 Å². The zero-order valence-corrected chi connectivity index (χ0v) is 14.5. The van der Waals surface area contributed by atoms with Crippen molar-refractivity contribution in [3.8, 4) is 11.3 Å². The molecular formula is C19H17ClN4O. The molecule has 25 heavy (non-hydrogen) atoms. The van der Waals surface area contributed by atoms with Gasteiger partial charge in [0.2, 0.25) is 0 Å².